The molecule has 1 unspecified atom stereocenters. The summed E-state index contributed by atoms with van der Waals surface area (Å²) in [6, 6.07) is 3.96. The Morgan fingerprint density at radius 1 is 1.44 bits per heavy atom. The first-order valence-electron chi connectivity index (χ1n) is 6.13. The largest absolute Gasteiger partial charge is 0.496 e. The Morgan fingerprint density at radius 3 is 2.78 bits per heavy atom. The number of rotatable bonds is 4. The molecular weight excluding hydrogens is 248 g/mol. The lowest BCUT2D eigenvalue weighted by atomic mass is 10.0. The smallest absolute Gasteiger partial charge is 0.128 e. The van der Waals surface area contributed by atoms with Crippen LogP contribution in [0.5, 0.6) is 5.75 Å². The van der Waals surface area contributed by atoms with Crippen LogP contribution < -0.4 is 10.5 Å². The monoisotopic (exact) mass is 266 g/mol. The summed E-state index contributed by atoms with van der Waals surface area (Å²) in [7, 11) is 1.68. The van der Waals surface area contributed by atoms with Crippen molar-refractivity contribution in [3.63, 3.8) is 0 Å². The zero-order valence-electron chi connectivity index (χ0n) is 11.0. The molecule has 0 spiro atoms. The van der Waals surface area contributed by atoms with Gasteiger partial charge in [0.05, 0.1) is 17.6 Å². The second kappa shape index (κ2) is 5.21. The molecule has 0 bridgehead atoms. The number of methoxy groups -OCH3 is 1. The third-order valence-corrected chi connectivity index (χ3v) is 3.57. The number of aryl methyl sites for hydroxylation is 2. The summed E-state index contributed by atoms with van der Waals surface area (Å²) in [6.45, 7) is 4.08. The van der Waals surface area contributed by atoms with Crippen molar-refractivity contribution >= 4 is 22.5 Å². The number of hydrogen-bond donors (Lipinski definition) is 2. The number of benzene rings is 1. The van der Waals surface area contributed by atoms with E-state index >= 15 is 0 Å². The van der Waals surface area contributed by atoms with Crippen LogP contribution in [0, 0.1) is 6.92 Å². The quantitative estimate of drug-likeness (QED) is 0.891. The highest BCUT2D eigenvalue weighted by Crippen LogP contribution is 2.36. The van der Waals surface area contributed by atoms with Gasteiger partial charge in [0.15, 0.2) is 0 Å². The van der Waals surface area contributed by atoms with Gasteiger partial charge < -0.3 is 15.5 Å². The molecule has 2 aromatic rings. The number of H-pyrrole nitrogens is 1. The van der Waals surface area contributed by atoms with Crippen molar-refractivity contribution in [1.82, 2.24) is 4.98 Å². The van der Waals surface area contributed by atoms with E-state index in [2.05, 4.69) is 11.9 Å². The Morgan fingerprint density at radius 2 is 2.17 bits per heavy atom. The van der Waals surface area contributed by atoms with Crippen LogP contribution in [-0.4, -0.2) is 18.1 Å². The van der Waals surface area contributed by atoms with E-state index in [0.29, 0.717) is 0 Å². The van der Waals surface area contributed by atoms with Gasteiger partial charge in [-0.1, -0.05) is 11.6 Å². The van der Waals surface area contributed by atoms with Crippen molar-refractivity contribution in [3.8, 4) is 5.75 Å². The minimum atomic E-state index is 0.194. The molecule has 0 radical (unpaired) electrons. The van der Waals surface area contributed by atoms with Gasteiger partial charge in [-0.05, 0) is 44.4 Å². The van der Waals surface area contributed by atoms with Gasteiger partial charge in [-0.3, -0.25) is 0 Å². The predicted octanol–water partition coefficient (Wildman–Crippen LogP) is 3.42. The fourth-order valence-electron chi connectivity index (χ4n) is 2.28. The number of fused-ring (bicyclic) bond motifs is 1. The molecule has 0 aliphatic heterocycles. The summed E-state index contributed by atoms with van der Waals surface area (Å²) in [4.78, 5) is 3.34. The van der Waals surface area contributed by atoms with Crippen LogP contribution in [0.2, 0.25) is 5.02 Å². The number of aromatic nitrogens is 1. The van der Waals surface area contributed by atoms with Crippen molar-refractivity contribution < 1.29 is 4.74 Å². The second-order valence-electron chi connectivity index (χ2n) is 4.74. The normalized spacial score (nSPS) is 12.9. The summed E-state index contributed by atoms with van der Waals surface area (Å²) < 4.78 is 5.43. The Hall–Kier alpha value is -1.19. The first kappa shape index (κ1) is 13.2. The van der Waals surface area contributed by atoms with Gasteiger partial charge in [0, 0.05) is 17.1 Å². The average molecular weight is 267 g/mol. The molecule has 0 amide bonds. The summed E-state index contributed by atoms with van der Waals surface area (Å²) in [5, 5.41) is 1.81. The number of hydrogen-bond acceptors (Lipinski definition) is 2. The van der Waals surface area contributed by atoms with Gasteiger partial charge >= 0.3 is 0 Å². The first-order chi connectivity index (χ1) is 8.54. The van der Waals surface area contributed by atoms with Crippen LogP contribution in [0.4, 0.5) is 0 Å². The van der Waals surface area contributed by atoms with Crippen molar-refractivity contribution in [2.75, 3.05) is 7.11 Å². The molecule has 98 valence electrons. The lowest BCUT2D eigenvalue weighted by Gasteiger charge is -2.08. The molecule has 1 atom stereocenters. The topological polar surface area (TPSA) is 51.0 Å². The lowest BCUT2D eigenvalue weighted by Crippen LogP contribution is -2.15. The second-order valence-corrected chi connectivity index (χ2v) is 5.15. The van der Waals surface area contributed by atoms with Crippen molar-refractivity contribution in [2.45, 2.75) is 32.7 Å². The van der Waals surface area contributed by atoms with E-state index < -0.39 is 0 Å². The average Bonchev–Trinajstić information content (AvgIpc) is 2.65. The maximum absolute atomic E-state index is 6.22. The Kier molecular flexibility index (Phi) is 3.83. The van der Waals surface area contributed by atoms with Crippen LogP contribution in [0.1, 0.15) is 24.6 Å². The summed E-state index contributed by atoms with van der Waals surface area (Å²) >= 11 is 6.22. The van der Waals surface area contributed by atoms with E-state index in [1.165, 1.54) is 5.56 Å². The van der Waals surface area contributed by atoms with E-state index in [4.69, 9.17) is 22.1 Å². The third kappa shape index (κ3) is 2.33. The van der Waals surface area contributed by atoms with Gasteiger partial charge in [0.25, 0.3) is 0 Å². The number of ether oxygens (including phenoxy) is 1. The number of nitrogens with one attached hydrogen (secondary N) is 1. The number of halogens is 1. The molecule has 1 aromatic heterocycles. The molecule has 0 fully saturated rings. The van der Waals surface area contributed by atoms with Crippen molar-refractivity contribution in [3.05, 3.63) is 28.4 Å². The third-order valence-electron chi connectivity index (χ3n) is 3.25. The molecular formula is C14H19ClN2O. The molecule has 0 saturated heterocycles. The van der Waals surface area contributed by atoms with Crippen LogP contribution in [-0.2, 0) is 6.42 Å². The fraction of sp³-hybridized carbons (Fsp3) is 0.429. The molecule has 3 nitrogen and oxygen atoms in total. The molecule has 0 aliphatic carbocycles. The lowest BCUT2D eigenvalue weighted by molar-refractivity contribution is 0.419. The molecule has 1 heterocycles. The maximum Gasteiger partial charge on any atom is 0.128 e. The number of aromatic amines is 1. The Bertz CT molecular complexity index is 560. The van der Waals surface area contributed by atoms with Gasteiger partial charge in [-0.25, -0.2) is 0 Å². The van der Waals surface area contributed by atoms with E-state index in [1.807, 2.05) is 19.1 Å². The zero-order chi connectivity index (χ0) is 13.3. The van der Waals surface area contributed by atoms with Crippen LogP contribution >= 0.6 is 11.6 Å². The first-order valence-corrected chi connectivity index (χ1v) is 6.51. The molecule has 2 rings (SSSR count). The molecule has 0 saturated carbocycles. The maximum atomic E-state index is 6.22. The Labute approximate surface area is 112 Å². The summed E-state index contributed by atoms with van der Waals surface area (Å²) in [6.07, 6.45) is 1.88. The predicted molar refractivity (Wildman–Crippen MR) is 76.6 cm³/mol. The SMILES string of the molecule is COc1ccc(Cl)c2[nH]c(C)c(CCC(C)N)c12. The van der Waals surface area contributed by atoms with E-state index in [0.717, 1.165) is 40.2 Å². The van der Waals surface area contributed by atoms with E-state index in [1.54, 1.807) is 7.11 Å². The van der Waals surface area contributed by atoms with Gasteiger partial charge in [0.1, 0.15) is 5.75 Å². The highest BCUT2D eigenvalue weighted by Gasteiger charge is 2.15. The van der Waals surface area contributed by atoms with Crippen LogP contribution in [0.3, 0.4) is 0 Å². The molecule has 3 N–H and O–H groups in total. The molecule has 18 heavy (non-hydrogen) atoms. The summed E-state index contributed by atoms with van der Waals surface area (Å²) in [5.74, 6) is 0.860. The number of nitrogens with two attached hydrogens (primary N) is 1. The zero-order valence-corrected chi connectivity index (χ0v) is 11.8. The highest BCUT2D eigenvalue weighted by molar-refractivity contribution is 6.35. The standard InChI is InChI=1S/C14H19ClN2O/c1-8(16)4-5-10-9(2)17-14-11(15)6-7-12(18-3)13(10)14/h6-8,17H,4-5,16H2,1-3H3. The van der Waals surface area contributed by atoms with Gasteiger partial charge in [-0.2, -0.15) is 0 Å². The summed E-state index contributed by atoms with van der Waals surface area (Å²) in [5.41, 5.74) is 9.18. The molecule has 0 aliphatic rings. The molecule has 4 heteroatoms. The van der Waals surface area contributed by atoms with Crippen LogP contribution in [0.15, 0.2) is 12.1 Å². The van der Waals surface area contributed by atoms with Crippen molar-refractivity contribution in [1.29, 1.82) is 0 Å². The van der Waals surface area contributed by atoms with E-state index in [-0.39, 0.29) is 6.04 Å². The highest BCUT2D eigenvalue weighted by atomic mass is 35.5. The van der Waals surface area contributed by atoms with Gasteiger partial charge in [-0.15, -0.1) is 0 Å². The molecule has 1 aromatic carbocycles. The minimum absolute atomic E-state index is 0.194. The van der Waals surface area contributed by atoms with E-state index in [9.17, 15) is 0 Å². The van der Waals surface area contributed by atoms with Crippen LogP contribution in [0.25, 0.3) is 10.9 Å². The van der Waals surface area contributed by atoms with Gasteiger partial charge in [0.2, 0.25) is 0 Å². The Balaban J connectivity index is 2.57. The minimum Gasteiger partial charge on any atom is -0.496 e. The fourth-order valence-corrected chi connectivity index (χ4v) is 2.49. The van der Waals surface area contributed by atoms with Crippen molar-refractivity contribution in [2.24, 2.45) is 5.73 Å².